The van der Waals surface area contributed by atoms with Crippen LogP contribution in [0.15, 0.2) is 60.7 Å². The number of ether oxygens (including phenoxy) is 1. The van der Waals surface area contributed by atoms with Gasteiger partial charge in [0.05, 0.1) is 41.3 Å². The standard InChI is InChI=1S/C28H27F4N3O/c1-19(36-18-27(11-13-35(2)14-12-27)22-7-9-24(29)10-8-22)25-15-23(28(30,31)32)16-26(34-25)21-5-3-20(17-33)4-6-21/h3-10,15-16,19H,11-14,18H2,1-2H3. The molecule has 1 atom stereocenters. The number of likely N-dealkylation sites (tertiary alicyclic amines) is 1. The number of benzene rings is 2. The molecule has 3 aromatic rings. The molecule has 0 N–H and O–H groups in total. The van der Waals surface area contributed by atoms with Crippen molar-refractivity contribution in [3.05, 3.63) is 88.9 Å². The van der Waals surface area contributed by atoms with Gasteiger partial charge in [-0.15, -0.1) is 0 Å². The molecule has 1 aliphatic heterocycles. The molecule has 0 radical (unpaired) electrons. The van der Waals surface area contributed by atoms with Gasteiger partial charge >= 0.3 is 6.18 Å². The highest BCUT2D eigenvalue weighted by molar-refractivity contribution is 5.61. The lowest BCUT2D eigenvalue weighted by molar-refractivity contribution is -0.137. The van der Waals surface area contributed by atoms with Gasteiger partial charge in [0.1, 0.15) is 5.82 Å². The Hall–Kier alpha value is -3.28. The topological polar surface area (TPSA) is 49.1 Å². The summed E-state index contributed by atoms with van der Waals surface area (Å²) in [6, 6.07) is 16.7. The fourth-order valence-corrected chi connectivity index (χ4v) is 4.52. The molecule has 36 heavy (non-hydrogen) atoms. The number of piperidine rings is 1. The zero-order chi connectivity index (χ0) is 25.9. The molecule has 1 unspecified atom stereocenters. The second-order valence-electron chi connectivity index (χ2n) is 9.40. The molecule has 8 heteroatoms. The molecule has 0 bridgehead atoms. The Kier molecular flexibility index (Phi) is 7.43. The van der Waals surface area contributed by atoms with Crippen molar-refractivity contribution in [3.63, 3.8) is 0 Å². The van der Waals surface area contributed by atoms with Gasteiger partial charge in [-0.1, -0.05) is 24.3 Å². The number of rotatable bonds is 6. The van der Waals surface area contributed by atoms with Gasteiger partial charge in [-0.3, -0.25) is 4.98 Å². The molecule has 2 heterocycles. The molecule has 0 saturated carbocycles. The van der Waals surface area contributed by atoms with Crippen LogP contribution in [0.5, 0.6) is 0 Å². The largest absolute Gasteiger partial charge is 0.416 e. The second kappa shape index (κ2) is 10.4. The number of hydrogen-bond acceptors (Lipinski definition) is 4. The van der Waals surface area contributed by atoms with Crippen LogP contribution in [0.1, 0.15) is 48.3 Å². The summed E-state index contributed by atoms with van der Waals surface area (Å²) in [5.74, 6) is -0.320. The van der Waals surface area contributed by atoms with Crippen molar-refractivity contribution in [3.8, 4) is 17.3 Å². The van der Waals surface area contributed by atoms with Crippen molar-refractivity contribution < 1.29 is 22.3 Å². The second-order valence-corrected chi connectivity index (χ2v) is 9.40. The number of alkyl halides is 3. The molecule has 1 fully saturated rings. The predicted molar refractivity (Wildman–Crippen MR) is 129 cm³/mol. The number of nitrogens with zero attached hydrogens (tertiary/aromatic N) is 3. The van der Waals surface area contributed by atoms with Crippen LogP contribution in [-0.2, 0) is 16.3 Å². The fraction of sp³-hybridized carbons (Fsp3) is 0.357. The molecule has 0 aliphatic carbocycles. The number of pyridine rings is 1. The molecule has 1 saturated heterocycles. The van der Waals surface area contributed by atoms with Gasteiger partial charge in [-0.05, 0) is 81.9 Å². The SMILES string of the molecule is CC(OCC1(c2ccc(F)cc2)CCN(C)CC1)c1cc(C(F)(F)F)cc(-c2ccc(C#N)cc2)n1. The molecular weight excluding hydrogens is 470 g/mol. The number of halogens is 4. The Bertz CT molecular complexity index is 1230. The van der Waals surface area contributed by atoms with Crippen LogP contribution >= 0.6 is 0 Å². The Morgan fingerprint density at radius 1 is 1.06 bits per heavy atom. The summed E-state index contributed by atoms with van der Waals surface area (Å²) in [5.41, 5.74) is 0.998. The zero-order valence-electron chi connectivity index (χ0n) is 20.1. The van der Waals surface area contributed by atoms with Crippen LogP contribution in [0.2, 0.25) is 0 Å². The third-order valence-corrected chi connectivity index (χ3v) is 6.91. The first-order chi connectivity index (χ1) is 17.1. The third-order valence-electron chi connectivity index (χ3n) is 6.91. The Labute approximate surface area is 208 Å². The normalized spacial score (nSPS) is 16.9. The average Bonchev–Trinajstić information content (AvgIpc) is 2.88. The molecular formula is C28H27F4N3O. The van der Waals surface area contributed by atoms with E-state index in [2.05, 4.69) is 9.88 Å². The Balaban J connectivity index is 1.63. The summed E-state index contributed by atoms with van der Waals surface area (Å²) in [7, 11) is 2.04. The maximum absolute atomic E-state index is 13.7. The van der Waals surface area contributed by atoms with E-state index in [0.29, 0.717) is 11.1 Å². The summed E-state index contributed by atoms with van der Waals surface area (Å²) in [5, 5.41) is 9.01. The molecule has 4 nitrogen and oxygen atoms in total. The highest BCUT2D eigenvalue weighted by atomic mass is 19.4. The Morgan fingerprint density at radius 2 is 1.69 bits per heavy atom. The zero-order valence-corrected chi connectivity index (χ0v) is 20.1. The van der Waals surface area contributed by atoms with E-state index in [1.807, 2.05) is 13.1 Å². The maximum atomic E-state index is 13.7. The monoisotopic (exact) mass is 497 g/mol. The van der Waals surface area contributed by atoms with Crippen molar-refractivity contribution in [2.45, 2.75) is 37.5 Å². The molecule has 2 aromatic carbocycles. The lowest BCUT2D eigenvalue weighted by Gasteiger charge is -2.41. The summed E-state index contributed by atoms with van der Waals surface area (Å²) in [6.45, 7) is 3.63. The summed E-state index contributed by atoms with van der Waals surface area (Å²) >= 11 is 0. The van der Waals surface area contributed by atoms with Gasteiger partial charge in [0, 0.05) is 11.0 Å². The first kappa shape index (κ1) is 25.8. The molecule has 1 aromatic heterocycles. The number of nitriles is 1. The predicted octanol–water partition coefficient (Wildman–Crippen LogP) is 6.52. The number of aromatic nitrogens is 1. The molecule has 4 rings (SSSR count). The minimum atomic E-state index is -4.55. The van der Waals surface area contributed by atoms with Crippen molar-refractivity contribution in [1.82, 2.24) is 9.88 Å². The Morgan fingerprint density at radius 3 is 2.28 bits per heavy atom. The van der Waals surface area contributed by atoms with E-state index < -0.39 is 17.8 Å². The smallest absolute Gasteiger partial charge is 0.371 e. The van der Waals surface area contributed by atoms with E-state index in [-0.39, 0.29) is 29.2 Å². The molecule has 0 amide bonds. The van der Waals surface area contributed by atoms with E-state index in [1.165, 1.54) is 12.1 Å². The first-order valence-corrected chi connectivity index (χ1v) is 11.8. The average molecular weight is 498 g/mol. The van der Waals surface area contributed by atoms with Crippen LogP contribution in [-0.4, -0.2) is 36.6 Å². The summed E-state index contributed by atoms with van der Waals surface area (Å²) in [4.78, 5) is 6.70. The van der Waals surface area contributed by atoms with Crippen LogP contribution < -0.4 is 0 Å². The summed E-state index contributed by atoms with van der Waals surface area (Å²) in [6.07, 6.45) is -3.69. The minimum Gasteiger partial charge on any atom is -0.371 e. The maximum Gasteiger partial charge on any atom is 0.416 e. The van der Waals surface area contributed by atoms with Crippen molar-refractivity contribution >= 4 is 0 Å². The lowest BCUT2D eigenvalue weighted by atomic mass is 9.73. The van der Waals surface area contributed by atoms with Crippen LogP contribution in [0.25, 0.3) is 11.3 Å². The number of hydrogen-bond donors (Lipinski definition) is 0. The first-order valence-electron chi connectivity index (χ1n) is 11.8. The van der Waals surface area contributed by atoms with Crippen molar-refractivity contribution in [2.24, 2.45) is 0 Å². The van der Waals surface area contributed by atoms with E-state index in [1.54, 1.807) is 43.3 Å². The van der Waals surface area contributed by atoms with Gasteiger partial charge in [0.2, 0.25) is 0 Å². The highest BCUT2D eigenvalue weighted by Gasteiger charge is 2.37. The van der Waals surface area contributed by atoms with E-state index in [0.717, 1.165) is 43.6 Å². The summed E-state index contributed by atoms with van der Waals surface area (Å²) < 4.78 is 61.0. The van der Waals surface area contributed by atoms with Gasteiger partial charge in [-0.2, -0.15) is 18.4 Å². The van der Waals surface area contributed by atoms with Crippen molar-refractivity contribution in [2.75, 3.05) is 26.7 Å². The van der Waals surface area contributed by atoms with Crippen molar-refractivity contribution in [1.29, 1.82) is 5.26 Å². The van der Waals surface area contributed by atoms with E-state index in [4.69, 9.17) is 10.00 Å². The highest BCUT2D eigenvalue weighted by Crippen LogP contribution is 2.38. The van der Waals surface area contributed by atoms with Gasteiger partial charge in [0.25, 0.3) is 0 Å². The minimum absolute atomic E-state index is 0.160. The molecule has 0 spiro atoms. The van der Waals surface area contributed by atoms with E-state index >= 15 is 0 Å². The lowest BCUT2D eigenvalue weighted by Crippen LogP contribution is -2.44. The fourth-order valence-electron chi connectivity index (χ4n) is 4.52. The molecule has 188 valence electrons. The van der Waals surface area contributed by atoms with Crippen LogP contribution in [0.4, 0.5) is 17.6 Å². The van der Waals surface area contributed by atoms with Crippen LogP contribution in [0.3, 0.4) is 0 Å². The van der Waals surface area contributed by atoms with Gasteiger partial charge < -0.3 is 9.64 Å². The van der Waals surface area contributed by atoms with Crippen LogP contribution in [0, 0.1) is 17.1 Å². The third kappa shape index (κ3) is 5.75. The molecule has 1 aliphatic rings. The quantitative estimate of drug-likeness (QED) is 0.364. The van der Waals surface area contributed by atoms with E-state index in [9.17, 15) is 17.6 Å². The van der Waals surface area contributed by atoms with Gasteiger partial charge in [0.15, 0.2) is 0 Å². The van der Waals surface area contributed by atoms with Gasteiger partial charge in [-0.25, -0.2) is 4.39 Å².